The van der Waals surface area contributed by atoms with Crippen LogP contribution in [-0.4, -0.2) is 79.9 Å². The van der Waals surface area contributed by atoms with Gasteiger partial charge in [0.05, 0.1) is 18.8 Å². The van der Waals surface area contributed by atoms with E-state index < -0.39 is 78.5 Å². The van der Waals surface area contributed by atoms with Gasteiger partial charge in [-0.1, -0.05) is 13.8 Å². The van der Waals surface area contributed by atoms with Gasteiger partial charge < -0.3 is 42.6 Å². The van der Waals surface area contributed by atoms with Crippen LogP contribution in [0.4, 0.5) is 0 Å². The molecule has 0 fully saturated rings. The van der Waals surface area contributed by atoms with Crippen LogP contribution < -0.4 is 27.4 Å². The lowest BCUT2D eigenvalue weighted by Gasteiger charge is -2.25. The molecule has 1 heterocycles. The summed E-state index contributed by atoms with van der Waals surface area (Å²) in [4.78, 5) is 78.3. The van der Waals surface area contributed by atoms with Gasteiger partial charge in [-0.25, -0.2) is 9.78 Å². The molecule has 1 rings (SSSR count). The maximum atomic E-state index is 12.9. The topological polar surface area (TPSA) is 260 Å². The Balaban J connectivity index is 3.05. The van der Waals surface area contributed by atoms with Gasteiger partial charge in [0, 0.05) is 24.7 Å². The quantitative estimate of drug-likeness (QED) is 0.123. The molecule has 15 heteroatoms. The predicted molar refractivity (Wildman–Crippen MR) is 119 cm³/mol. The summed E-state index contributed by atoms with van der Waals surface area (Å²) in [5.74, 6) is -6.52. The Bertz CT molecular complexity index is 919. The first-order valence-corrected chi connectivity index (χ1v) is 10.7. The number of amides is 4. The molecule has 194 valence electrons. The van der Waals surface area contributed by atoms with Gasteiger partial charge in [0.15, 0.2) is 0 Å². The first-order valence-electron chi connectivity index (χ1n) is 10.7. The molecule has 15 nitrogen and oxygen atoms in total. The number of aliphatic carboxylic acids is 2. The molecule has 1 aromatic heterocycles. The van der Waals surface area contributed by atoms with Crippen molar-refractivity contribution in [3.63, 3.8) is 0 Å². The van der Waals surface area contributed by atoms with Gasteiger partial charge in [-0.2, -0.15) is 0 Å². The zero-order chi connectivity index (χ0) is 26.7. The molecular weight excluding hydrogens is 466 g/mol. The summed E-state index contributed by atoms with van der Waals surface area (Å²) in [5.41, 5.74) is 11.3. The number of carbonyl (C=O) groups excluding carboxylic acids is 4. The monoisotopic (exact) mass is 497 g/mol. The number of carboxylic acid groups (broad SMARTS) is 2. The van der Waals surface area contributed by atoms with Gasteiger partial charge in [0.1, 0.15) is 18.1 Å². The van der Waals surface area contributed by atoms with Gasteiger partial charge in [0.25, 0.3) is 0 Å². The van der Waals surface area contributed by atoms with Gasteiger partial charge in [-0.05, 0) is 12.3 Å². The maximum absolute atomic E-state index is 12.9. The number of nitrogens with two attached hydrogens (primary N) is 2. The molecule has 0 saturated carbocycles. The molecule has 35 heavy (non-hydrogen) atoms. The van der Waals surface area contributed by atoms with Gasteiger partial charge in [-0.15, -0.1) is 0 Å². The minimum absolute atomic E-state index is 0.114. The Morgan fingerprint density at radius 1 is 1.00 bits per heavy atom. The number of H-pyrrole nitrogens is 1. The van der Waals surface area contributed by atoms with E-state index >= 15 is 0 Å². The second kappa shape index (κ2) is 13.6. The summed E-state index contributed by atoms with van der Waals surface area (Å²) in [6.45, 7) is 3.18. The third-order valence-corrected chi connectivity index (χ3v) is 4.89. The van der Waals surface area contributed by atoms with Crippen molar-refractivity contribution in [2.45, 2.75) is 63.7 Å². The smallest absolute Gasteiger partial charge is 0.326 e. The zero-order valence-electron chi connectivity index (χ0n) is 19.3. The van der Waals surface area contributed by atoms with Crippen LogP contribution in [0.5, 0.6) is 0 Å². The van der Waals surface area contributed by atoms with E-state index in [0.717, 1.165) is 0 Å². The van der Waals surface area contributed by atoms with Crippen molar-refractivity contribution in [3.8, 4) is 0 Å². The van der Waals surface area contributed by atoms with E-state index in [0.29, 0.717) is 5.69 Å². The Kier molecular flexibility index (Phi) is 11.3. The number of nitrogens with one attached hydrogen (secondary N) is 4. The summed E-state index contributed by atoms with van der Waals surface area (Å²) in [5, 5.41) is 25.1. The molecule has 0 aliphatic carbocycles. The van der Waals surface area contributed by atoms with Crippen LogP contribution in [0.25, 0.3) is 0 Å². The van der Waals surface area contributed by atoms with Crippen LogP contribution in [-0.2, 0) is 35.2 Å². The first kappa shape index (κ1) is 29.0. The lowest BCUT2D eigenvalue weighted by molar-refractivity contribution is -0.143. The fraction of sp³-hybridized carbons (Fsp3) is 0.550. The van der Waals surface area contributed by atoms with Crippen molar-refractivity contribution in [1.29, 1.82) is 0 Å². The fourth-order valence-corrected chi connectivity index (χ4v) is 2.96. The summed E-state index contributed by atoms with van der Waals surface area (Å²) in [6, 6.07) is -5.34. The number of imidazole rings is 1. The molecule has 0 saturated heterocycles. The highest BCUT2D eigenvalue weighted by atomic mass is 16.4. The molecule has 4 unspecified atom stereocenters. The molecule has 0 aliphatic rings. The summed E-state index contributed by atoms with van der Waals surface area (Å²) < 4.78 is 0. The summed E-state index contributed by atoms with van der Waals surface area (Å²) in [7, 11) is 0. The highest BCUT2D eigenvalue weighted by Crippen LogP contribution is 2.06. The fourth-order valence-electron chi connectivity index (χ4n) is 2.96. The molecule has 4 atom stereocenters. The molecule has 10 N–H and O–H groups in total. The average molecular weight is 498 g/mol. The highest BCUT2D eigenvalue weighted by Gasteiger charge is 2.32. The van der Waals surface area contributed by atoms with E-state index in [1.165, 1.54) is 12.5 Å². The van der Waals surface area contributed by atoms with E-state index in [1.807, 2.05) is 0 Å². The minimum Gasteiger partial charge on any atom is -0.481 e. The summed E-state index contributed by atoms with van der Waals surface area (Å²) >= 11 is 0. The number of hydrogen-bond acceptors (Lipinski definition) is 8. The van der Waals surface area contributed by atoms with Crippen LogP contribution in [0.3, 0.4) is 0 Å². The third-order valence-electron chi connectivity index (χ3n) is 4.89. The number of primary amides is 1. The second-order valence-electron chi connectivity index (χ2n) is 8.18. The van der Waals surface area contributed by atoms with E-state index in [2.05, 4.69) is 25.9 Å². The number of carbonyl (C=O) groups is 6. The number of nitrogens with zero attached hydrogens (tertiary/aromatic N) is 1. The highest BCUT2D eigenvalue weighted by molar-refractivity contribution is 5.96. The van der Waals surface area contributed by atoms with Crippen LogP contribution in [0.1, 0.15) is 38.8 Å². The SMILES string of the molecule is CC(C)C(NC(=O)C(Cc1cnc[nH]1)NC(=O)C(CC(N)=O)NC(=O)C(N)CCC(=O)O)C(=O)O. The number of carboxylic acids is 2. The normalized spacial score (nSPS) is 14.3. The molecule has 0 aromatic carbocycles. The standard InChI is InChI=1S/C20H31N7O8/c1-9(2)16(20(34)35)27-19(33)12(5-10-7-23-8-24-10)26-18(32)13(6-14(22)28)25-17(31)11(21)3-4-15(29)30/h7-9,11-13,16H,3-6,21H2,1-2H3,(H2,22,28)(H,23,24)(H,25,31)(H,26,32)(H,27,33)(H,29,30)(H,34,35). The molecule has 0 aliphatic heterocycles. The van der Waals surface area contributed by atoms with Crippen molar-refractivity contribution in [3.05, 3.63) is 18.2 Å². The number of hydrogen-bond donors (Lipinski definition) is 8. The van der Waals surface area contributed by atoms with Crippen LogP contribution >= 0.6 is 0 Å². The molecule has 4 amide bonds. The number of rotatable bonds is 15. The lowest BCUT2D eigenvalue weighted by Crippen LogP contribution is -2.58. The minimum atomic E-state index is -1.52. The Morgan fingerprint density at radius 3 is 2.09 bits per heavy atom. The average Bonchev–Trinajstić information content (AvgIpc) is 3.26. The van der Waals surface area contributed by atoms with E-state index in [1.54, 1.807) is 13.8 Å². The Hall–Kier alpha value is -4.01. The molecular formula is C20H31N7O8. The van der Waals surface area contributed by atoms with Gasteiger partial charge in [0.2, 0.25) is 23.6 Å². The number of aromatic amines is 1. The third kappa shape index (κ3) is 10.2. The predicted octanol–water partition coefficient (Wildman–Crippen LogP) is -2.79. The second-order valence-corrected chi connectivity index (χ2v) is 8.18. The number of aromatic nitrogens is 2. The van der Waals surface area contributed by atoms with Crippen molar-refractivity contribution < 1.29 is 39.0 Å². The molecule has 0 spiro atoms. The lowest BCUT2D eigenvalue weighted by atomic mass is 10.0. The van der Waals surface area contributed by atoms with E-state index in [-0.39, 0.29) is 12.8 Å². The van der Waals surface area contributed by atoms with Crippen LogP contribution in [0, 0.1) is 5.92 Å². The van der Waals surface area contributed by atoms with Crippen molar-refractivity contribution in [2.24, 2.45) is 17.4 Å². The van der Waals surface area contributed by atoms with Gasteiger partial charge >= 0.3 is 11.9 Å². The molecule has 0 bridgehead atoms. The molecule has 0 radical (unpaired) electrons. The zero-order valence-corrected chi connectivity index (χ0v) is 19.3. The van der Waals surface area contributed by atoms with E-state index in [9.17, 15) is 33.9 Å². The van der Waals surface area contributed by atoms with E-state index in [4.69, 9.17) is 16.6 Å². The van der Waals surface area contributed by atoms with Crippen molar-refractivity contribution in [2.75, 3.05) is 0 Å². The van der Waals surface area contributed by atoms with Crippen molar-refractivity contribution >= 4 is 35.6 Å². The first-order chi connectivity index (χ1) is 16.3. The van der Waals surface area contributed by atoms with Crippen LogP contribution in [0.2, 0.25) is 0 Å². The Labute approximate surface area is 200 Å². The van der Waals surface area contributed by atoms with Crippen molar-refractivity contribution in [1.82, 2.24) is 25.9 Å². The maximum Gasteiger partial charge on any atom is 0.326 e. The largest absolute Gasteiger partial charge is 0.481 e. The Morgan fingerprint density at radius 2 is 1.60 bits per heavy atom. The molecule has 1 aromatic rings. The van der Waals surface area contributed by atoms with Crippen LogP contribution in [0.15, 0.2) is 12.5 Å². The van der Waals surface area contributed by atoms with Gasteiger partial charge in [-0.3, -0.25) is 24.0 Å². The summed E-state index contributed by atoms with van der Waals surface area (Å²) in [6.07, 6.45) is 1.38.